The first kappa shape index (κ1) is 21.9. The van der Waals surface area contributed by atoms with E-state index in [0.29, 0.717) is 6.42 Å². The van der Waals surface area contributed by atoms with Gasteiger partial charge in [-0.25, -0.2) is 0 Å². The van der Waals surface area contributed by atoms with Gasteiger partial charge in [-0.3, -0.25) is 19.2 Å². The number of carboxylic acid groups (broad SMARTS) is 1. The van der Waals surface area contributed by atoms with Gasteiger partial charge < -0.3 is 19.3 Å². The molecule has 1 N–H and O–H groups in total. The minimum absolute atomic E-state index is 0.0229. The van der Waals surface area contributed by atoms with Crippen LogP contribution in [0.4, 0.5) is 0 Å². The van der Waals surface area contributed by atoms with Gasteiger partial charge in [-0.2, -0.15) is 0 Å². The Kier molecular flexibility index (Phi) is 10.4. The van der Waals surface area contributed by atoms with Crippen molar-refractivity contribution in [3.05, 3.63) is 0 Å². The topological polar surface area (TPSA) is 116 Å². The second kappa shape index (κ2) is 11.4. The summed E-state index contributed by atoms with van der Waals surface area (Å²) in [6.45, 7) is 5.41. The Morgan fingerprint density at radius 3 is 1.67 bits per heavy atom. The van der Waals surface area contributed by atoms with E-state index in [-0.39, 0.29) is 26.2 Å². The van der Waals surface area contributed by atoms with Gasteiger partial charge in [0.05, 0.1) is 25.7 Å². The lowest BCUT2D eigenvalue weighted by Gasteiger charge is -2.29. The van der Waals surface area contributed by atoms with Crippen LogP contribution in [0.2, 0.25) is 0 Å². The van der Waals surface area contributed by atoms with Crippen LogP contribution >= 0.6 is 0 Å². The number of aliphatic carboxylic acids is 1. The molecule has 0 saturated heterocycles. The number of esters is 3. The summed E-state index contributed by atoms with van der Waals surface area (Å²) in [5, 5.41) is 9.60. The number of hydrogen-bond donors (Lipinski definition) is 1. The molecular formula is C16H26O8. The molecule has 138 valence electrons. The molecule has 0 fully saturated rings. The zero-order valence-corrected chi connectivity index (χ0v) is 14.6. The van der Waals surface area contributed by atoms with Crippen molar-refractivity contribution in [3.8, 4) is 0 Å². The largest absolute Gasteiger partial charge is 0.481 e. The highest BCUT2D eigenvalue weighted by atomic mass is 16.5. The molecule has 0 rings (SSSR count). The Balaban J connectivity index is 5.15. The maximum atomic E-state index is 11.7. The molecule has 0 aliphatic rings. The summed E-state index contributed by atoms with van der Waals surface area (Å²) >= 11 is 0. The molecule has 0 aliphatic heterocycles. The van der Waals surface area contributed by atoms with E-state index in [2.05, 4.69) is 0 Å². The van der Waals surface area contributed by atoms with Crippen LogP contribution in [-0.4, -0.2) is 48.8 Å². The Morgan fingerprint density at radius 1 is 0.833 bits per heavy atom. The molecule has 0 heterocycles. The summed E-state index contributed by atoms with van der Waals surface area (Å²) in [6, 6.07) is 0. The quantitative estimate of drug-likeness (QED) is 0.441. The van der Waals surface area contributed by atoms with E-state index in [4.69, 9.17) is 14.2 Å². The fourth-order valence-corrected chi connectivity index (χ4v) is 2.43. The van der Waals surface area contributed by atoms with Gasteiger partial charge in [0.25, 0.3) is 0 Å². The molecule has 0 radical (unpaired) electrons. The molecule has 8 heteroatoms. The van der Waals surface area contributed by atoms with Crippen molar-refractivity contribution >= 4 is 23.9 Å². The second-order valence-corrected chi connectivity index (χ2v) is 5.53. The molecule has 0 aromatic heterocycles. The van der Waals surface area contributed by atoms with Gasteiger partial charge in [0.2, 0.25) is 0 Å². The fourth-order valence-electron chi connectivity index (χ4n) is 2.43. The third-order valence-corrected chi connectivity index (χ3v) is 3.62. The number of rotatable bonds is 11. The lowest BCUT2D eigenvalue weighted by atomic mass is 9.79. The number of hydrogen-bond acceptors (Lipinski definition) is 7. The van der Waals surface area contributed by atoms with Gasteiger partial charge in [0.1, 0.15) is 0 Å². The molecule has 24 heavy (non-hydrogen) atoms. The zero-order chi connectivity index (χ0) is 18.7. The van der Waals surface area contributed by atoms with Gasteiger partial charge in [0, 0.05) is 32.6 Å². The summed E-state index contributed by atoms with van der Waals surface area (Å²) in [5.41, 5.74) is 0. The van der Waals surface area contributed by atoms with E-state index in [1.165, 1.54) is 20.8 Å². The van der Waals surface area contributed by atoms with E-state index < -0.39 is 41.6 Å². The first-order valence-corrected chi connectivity index (χ1v) is 7.81. The highest BCUT2D eigenvalue weighted by Gasteiger charge is 2.36. The van der Waals surface area contributed by atoms with Gasteiger partial charge in [0.15, 0.2) is 0 Å². The summed E-state index contributed by atoms with van der Waals surface area (Å²) < 4.78 is 14.8. The minimum atomic E-state index is -1.08. The van der Waals surface area contributed by atoms with E-state index in [1.807, 2.05) is 0 Å². The normalized spacial score (nSPS) is 14.2. The van der Waals surface area contributed by atoms with Crippen LogP contribution in [0.25, 0.3) is 0 Å². The number of carboxylic acids is 1. The monoisotopic (exact) mass is 346 g/mol. The SMILES string of the molecule is CCC(COC(C)=O)C(C(=O)O)C(CCOC(C)=O)COC(C)=O. The lowest BCUT2D eigenvalue weighted by Crippen LogP contribution is -2.37. The summed E-state index contributed by atoms with van der Waals surface area (Å²) in [4.78, 5) is 44.7. The van der Waals surface area contributed by atoms with Crippen molar-refractivity contribution in [2.75, 3.05) is 19.8 Å². The van der Waals surface area contributed by atoms with Crippen molar-refractivity contribution in [2.24, 2.45) is 17.8 Å². The molecule has 3 unspecified atom stereocenters. The Bertz CT molecular complexity index is 445. The molecule has 0 aliphatic carbocycles. The Hall–Kier alpha value is -2.12. The van der Waals surface area contributed by atoms with E-state index in [9.17, 15) is 24.3 Å². The highest BCUT2D eigenvalue weighted by molar-refractivity contribution is 5.71. The van der Waals surface area contributed by atoms with Crippen molar-refractivity contribution in [1.82, 2.24) is 0 Å². The van der Waals surface area contributed by atoms with Gasteiger partial charge >= 0.3 is 23.9 Å². The molecule has 8 nitrogen and oxygen atoms in total. The van der Waals surface area contributed by atoms with Gasteiger partial charge in [-0.15, -0.1) is 0 Å². The molecule has 3 atom stereocenters. The van der Waals surface area contributed by atoms with Gasteiger partial charge in [-0.05, 0) is 12.8 Å². The molecule has 0 amide bonds. The predicted octanol–water partition coefficient (Wildman–Crippen LogP) is 1.41. The summed E-state index contributed by atoms with van der Waals surface area (Å²) in [5.74, 6) is -4.47. The third-order valence-electron chi connectivity index (χ3n) is 3.62. The molecule has 0 saturated carbocycles. The van der Waals surface area contributed by atoms with Crippen LogP contribution in [0.15, 0.2) is 0 Å². The lowest BCUT2D eigenvalue weighted by molar-refractivity contribution is -0.156. The van der Waals surface area contributed by atoms with Crippen molar-refractivity contribution in [3.63, 3.8) is 0 Å². The number of carbonyl (C=O) groups is 4. The van der Waals surface area contributed by atoms with Crippen LogP contribution in [0.3, 0.4) is 0 Å². The fraction of sp³-hybridized carbons (Fsp3) is 0.750. The standard InChI is InChI=1S/C16H26O8/c1-5-13(8-23-11(3)18)15(16(20)21)14(9-24-12(4)19)6-7-22-10(2)17/h13-15H,5-9H2,1-4H3,(H,20,21). The van der Waals surface area contributed by atoms with Crippen LogP contribution in [0.1, 0.15) is 40.5 Å². The van der Waals surface area contributed by atoms with Crippen LogP contribution < -0.4 is 0 Å². The van der Waals surface area contributed by atoms with Gasteiger partial charge in [-0.1, -0.05) is 6.92 Å². The molecular weight excluding hydrogens is 320 g/mol. The zero-order valence-electron chi connectivity index (χ0n) is 14.6. The molecule has 0 spiro atoms. The minimum Gasteiger partial charge on any atom is -0.481 e. The van der Waals surface area contributed by atoms with Crippen molar-refractivity contribution in [2.45, 2.75) is 40.5 Å². The number of ether oxygens (including phenoxy) is 3. The van der Waals surface area contributed by atoms with Crippen LogP contribution in [0.5, 0.6) is 0 Å². The average molecular weight is 346 g/mol. The first-order valence-electron chi connectivity index (χ1n) is 7.81. The Morgan fingerprint density at radius 2 is 1.29 bits per heavy atom. The predicted molar refractivity (Wildman–Crippen MR) is 82.9 cm³/mol. The third kappa shape index (κ3) is 9.12. The molecule has 0 aromatic rings. The second-order valence-electron chi connectivity index (χ2n) is 5.53. The van der Waals surface area contributed by atoms with E-state index >= 15 is 0 Å². The maximum absolute atomic E-state index is 11.7. The van der Waals surface area contributed by atoms with E-state index in [0.717, 1.165) is 0 Å². The first-order chi connectivity index (χ1) is 11.2. The average Bonchev–Trinajstić information content (AvgIpc) is 2.46. The smallest absolute Gasteiger partial charge is 0.307 e. The number of carbonyl (C=O) groups excluding carboxylic acids is 3. The van der Waals surface area contributed by atoms with Crippen molar-refractivity contribution in [1.29, 1.82) is 0 Å². The van der Waals surface area contributed by atoms with Crippen molar-refractivity contribution < 1.29 is 38.5 Å². The highest BCUT2D eigenvalue weighted by Crippen LogP contribution is 2.28. The van der Waals surface area contributed by atoms with E-state index in [1.54, 1.807) is 6.92 Å². The Labute approximate surface area is 141 Å². The van der Waals surface area contributed by atoms with Crippen LogP contribution in [-0.2, 0) is 33.4 Å². The summed E-state index contributed by atoms with van der Waals surface area (Å²) in [6.07, 6.45) is 0.689. The summed E-state index contributed by atoms with van der Waals surface area (Å²) in [7, 11) is 0. The van der Waals surface area contributed by atoms with Crippen LogP contribution in [0, 0.1) is 17.8 Å². The molecule has 0 bridgehead atoms. The maximum Gasteiger partial charge on any atom is 0.307 e. The molecule has 0 aromatic carbocycles.